The van der Waals surface area contributed by atoms with Gasteiger partial charge in [-0.05, 0) is 61.7 Å². The third-order valence-corrected chi connectivity index (χ3v) is 4.15. The average molecular weight is 250 g/mol. The fourth-order valence-electron chi connectivity index (χ4n) is 3.17. The van der Waals surface area contributed by atoms with Gasteiger partial charge in [0, 0.05) is 6.20 Å². The molecular weight excluding hydrogens is 227 g/mol. The van der Waals surface area contributed by atoms with Crippen LogP contribution in [-0.4, -0.2) is 18.6 Å². The van der Waals surface area contributed by atoms with Gasteiger partial charge in [-0.15, -0.1) is 0 Å². The topological polar surface area (TPSA) is 24.9 Å². The first kappa shape index (κ1) is 13.5. The third kappa shape index (κ3) is 3.08. The minimum Gasteiger partial charge on any atom is -0.319 e. The molecule has 0 saturated heterocycles. The molecule has 1 aliphatic carbocycles. The van der Waals surface area contributed by atoms with Crippen LogP contribution in [0.15, 0.2) is 18.5 Å². The van der Waals surface area contributed by atoms with Crippen molar-refractivity contribution in [2.75, 3.05) is 13.6 Å². The number of nitrogens with one attached hydrogen (secondary N) is 1. The van der Waals surface area contributed by atoms with Crippen molar-refractivity contribution in [1.82, 2.24) is 10.3 Å². The van der Waals surface area contributed by atoms with Crippen LogP contribution in [0.1, 0.15) is 44.6 Å². The highest BCUT2D eigenvalue weighted by Gasteiger charge is 2.35. The van der Waals surface area contributed by atoms with Crippen molar-refractivity contribution in [2.45, 2.75) is 39.0 Å². The second-order valence-electron chi connectivity index (χ2n) is 6.27. The summed E-state index contributed by atoms with van der Waals surface area (Å²) >= 11 is 0. The maximum Gasteiger partial charge on any atom is 0.141 e. The van der Waals surface area contributed by atoms with Gasteiger partial charge in [-0.3, -0.25) is 4.98 Å². The Kier molecular flexibility index (Phi) is 4.00. The minimum atomic E-state index is -0.223. The summed E-state index contributed by atoms with van der Waals surface area (Å²) in [5.74, 6) is 0.787. The summed E-state index contributed by atoms with van der Waals surface area (Å²) in [4.78, 5) is 4.01. The molecule has 0 amide bonds. The van der Waals surface area contributed by atoms with E-state index in [1.54, 1.807) is 6.07 Å². The van der Waals surface area contributed by atoms with Crippen molar-refractivity contribution in [2.24, 2.45) is 11.3 Å². The Hall–Kier alpha value is -0.960. The maximum absolute atomic E-state index is 13.3. The fraction of sp³-hybridized carbons (Fsp3) is 0.667. The Morgan fingerprint density at radius 1 is 1.44 bits per heavy atom. The van der Waals surface area contributed by atoms with Crippen LogP contribution in [0.5, 0.6) is 0 Å². The first-order chi connectivity index (χ1) is 8.52. The van der Waals surface area contributed by atoms with Gasteiger partial charge in [0.1, 0.15) is 5.82 Å². The van der Waals surface area contributed by atoms with Gasteiger partial charge >= 0.3 is 0 Å². The van der Waals surface area contributed by atoms with E-state index in [1.165, 1.54) is 19.0 Å². The molecule has 2 unspecified atom stereocenters. The number of halogens is 1. The van der Waals surface area contributed by atoms with E-state index in [4.69, 9.17) is 0 Å². The number of aromatic nitrogens is 1. The van der Waals surface area contributed by atoms with Crippen LogP contribution in [-0.2, 0) is 0 Å². The molecule has 1 saturated carbocycles. The molecule has 1 aliphatic rings. The second kappa shape index (κ2) is 5.35. The number of hydrogen-bond acceptors (Lipinski definition) is 2. The van der Waals surface area contributed by atoms with Crippen molar-refractivity contribution in [3.05, 3.63) is 29.8 Å². The van der Waals surface area contributed by atoms with Crippen molar-refractivity contribution >= 4 is 0 Å². The highest BCUT2D eigenvalue weighted by molar-refractivity contribution is 5.18. The zero-order valence-electron chi connectivity index (χ0n) is 11.5. The third-order valence-electron chi connectivity index (χ3n) is 4.15. The summed E-state index contributed by atoms with van der Waals surface area (Å²) in [6.07, 6.45) is 6.68. The van der Waals surface area contributed by atoms with E-state index in [9.17, 15) is 4.39 Å². The van der Waals surface area contributed by atoms with Gasteiger partial charge in [0.2, 0.25) is 0 Å². The van der Waals surface area contributed by atoms with Gasteiger partial charge in [-0.2, -0.15) is 0 Å². The van der Waals surface area contributed by atoms with E-state index in [1.807, 2.05) is 13.2 Å². The number of rotatable bonds is 3. The van der Waals surface area contributed by atoms with Crippen LogP contribution in [0, 0.1) is 17.2 Å². The van der Waals surface area contributed by atoms with Crippen molar-refractivity contribution < 1.29 is 4.39 Å². The predicted molar refractivity (Wildman–Crippen MR) is 72.0 cm³/mol. The van der Waals surface area contributed by atoms with E-state index >= 15 is 0 Å². The molecule has 1 fully saturated rings. The zero-order valence-corrected chi connectivity index (χ0v) is 11.5. The Morgan fingerprint density at radius 3 is 2.89 bits per heavy atom. The van der Waals surface area contributed by atoms with Crippen LogP contribution in [0.25, 0.3) is 0 Å². The van der Waals surface area contributed by atoms with Crippen LogP contribution in [0.2, 0.25) is 0 Å². The predicted octanol–water partition coefficient (Wildman–Crippen LogP) is 3.35. The number of pyridine rings is 1. The molecular formula is C15H23FN2. The lowest BCUT2D eigenvalue weighted by Gasteiger charge is -2.41. The van der Waals surface area contributed by atoms with E-state index in [0.29, 0.717) is 17.3 Å². The Bertz CT molecular complexity index is 403. The van der Waals surface area contributed by atoms with Gasteiger partial charge in [-0.1, -0.05) is 13.8 Å². The van der Waals surface area contributed by atoms with Crippen LogP contribution < -0.4 is 5.32 Å². The molecule has 0 aliphatic heterocycles. The minimum absolute atomic E-state index is 0.223. The maximum atomic E-state index is 13.3. The summed E-state index contributed by atoms with van der Waals surface area (Å²) in [5, 5.41) is 3.26. The summed E-state index contributed by atoms with van der Waals surface area (Å²) < 4.78 is 13.3. The largest absolute Gasteiger partial charge is 0.319 e. The van der Waals surface area contributed by atoms with E-state index in [0.717, 1.165) is 18.5 Å². The highest BCUT2D eigenvalue weighted by Crippen LogP contribution is 2.46. The van der Waals surface area contributed by atoms with Crippen molar-refractivity contribution in [3.63, 3.8) is 0 Å². The standard InChI is InChI=1S/C15H23FN2/c1-15(2)5-4-11(8-17-3)14(7-15)12-6-13(16)10-18-9-12/h6,9-11,14,17H,4-5,7-8H2,1-3H3. The van der Waals surface area contributed by atoms with Crippen molar-refractivity contribution in [3.8, 4) is 0 Å². The van der Waals surface area contributed by atoms with Gasteiger partial charge < -0.3 is 5.32 Å². The van der Waals surface area contributed by atoms with Gasteiger partial charge in [0.25, 0.3) is 0 Å². The molecule has 2 nitrogen and oxygen atoms in total. The summed E-state index contributed by atoms with van der Waals surface area (Å²) in [5.41, 5.74) is 1.41. The SMILES string of the molecule is CNCC1CCC(C)(C)CC1c1cncc(F)c1. The molecule has 2 atom stereocenters. The quantitative estimate of drug-likeness (QED) is 0.890. The van der Waals surface area contributed by atoms with E-state index in [-0.39, 0.29) is 5.82 Å². The highest BCUT2D eigenvalue weighted by atomic mass is 19.1. The molecule has 0 bridgehead atoms. The van der Waals surface area contributed by atoms with Crippen LogP contribution in [0.4, 0.5) is 4.39 Å². The van der Waals surface area contributed by atoms with E-state index in [2.05, 4.69) is 24.1 Å². The smallest absolute Gasteiger partial charge is 0.141 e. The average Bonchev–Trinajstić information content (AvgIpc) is 2.31. The lowest BCUT2D eigenvalue weighted by molar-refractivity contribution is 0.161. The molecule has 0 radical (unpaired) electrons. The molecule has 1 aromatic heterocycles. The lowest BCUT2D eigenvalue weighted by Crippen LogP contribution is -2.33. The zero-order chi connectivity index (χ0) is 13.2. The summed E-state index contributed by atoms with van der Waals surface area (Å²) in [6, 6.07) is 1.65. The van der Waals surface area contributed by atoms with Crippen LogP contribution in [0.3, 0.4) is 0 Å². The molecule has 100 valence electrons. The van der Waals surface area contributed by atoms with Crippen molar-refractivity contribution in [1.29, 1.82) is 0 Å². The fourth-order valence-corrected chi connectivity index (χ4v) is 3.17. The van der Waals surface area contributed by atoms with Gasteiger partial charge in [0.15, 0.2) is 0 Å². The second-order valence-corrected chi connectivity index (χ2v) is 6.27. The molecule has 18 heavy (non-hydrogen) atoms. The molecule has 1 N–H and O–H groups in total. The van der Waals surface area contributed by atoms with E-state index < -0.39 is 0 Å². The number of hydrogen-bond donors (Lipinski definition) is 1. The molecule has 0 aromatic carbocycles. The Morgan fingerprint density at radius 2 is 2.22 bits per heavy atom. The van der Waals surface area contributed by atoms with Gasteiger partial charge in [0.05, 0.1) is 6.20 Å². The molecule has 3 heteroatoms. The molecule has 0 spiro atoms. The first-order valence-electron chi connectivity index (χ1n) is 6.77. The lowest BCUT2D eigenvalue weighted by atomic mass is 9.65. The number of nitrogens with zero attached hydrogens (tertiary/aromatic N) is 1. The molecule has 1 heterocycles. The summed E-state index contributed by atoms with van der Waals surface area (Å²) in [7, 11) is 1.99. The van der Waals surface area contributed by atoms with Gasteiger partial charge in [-0.25, -0.2) is 4.39 Å². The Balaban J connectivity index is 2.24. The van der Waals surface area contributed by atoms with Crippen LogP contribution >= 0.6 is 0 Å². The normalized spacial score (nSPS) is 27.1. The molecule has 1 aromatic rings. The summed E-state index contributed by atoms with van der Waals surface area (Å²) in [6.45, 7) is 5.61. The Labute approximate surface area is 109 Å². The molecule has 2 rings (SSSR count). The first-order valence-corrected chi connectivity index (χ1v) is 6.77. The monoisotopic (exact) mass is 250 g/mol.